The number of carbonyl (C=O) groups is 3. The molecule has 2 N–H and O–H groups in total. The largest absolute Gasteiger partial charge is 0.478 e. The van der Waals surface area contributed by atoms with E-state index in [0.717, 1.165) is 16.8 Å². The number of benzene rings is 1. The number of hydrogen-bond acceptors (Lipinski definition) is 6. The van der Waals surface area contributed by atoms with Gasteiger partial charge in [-0.05, 0) is 42.9 Å². The number of aryl methyl sites for hydroxylation is 1. The van der Waals surface area contributed by atoms with E-state index in [4.69, 9.17) is 16.6 Å². The molecule has 0 radical (unpaired) electrons. The van der Waals surface area contributed by atoms with Crippen LogP contribution in [0, 0.1) is 6.92 Å². The Bertz CT molecular complexity index is 964. The summed E-state index contributed by atoms with van der Waals surface area (Å²) in [7, 11) is 0. The summed E-state index contributed by atoms with van der Waals surface area (Å²) in [5, 5.41) is 10.2. The van der Waals surface area contributed by atoms with Crippen LogP contribution in [0.25, 0.3) is 6.08 Å². The number of nitrogens with one attached hydrogen (secondary N) is 1. The van der Waals surface area contributed by atoms with Crippen LogP contribution in [0.4, 0.5) is 0 Å². The first-order valence-corrected chi connectivity index (χ1v) is 8.56. The van der Waals surface area contributed by atoms with Gasteiger partial charge in [0, 0.05) is 0 Å². The van der Waals surface area contributed by atoms with Gasteiger partial charge in [0.2, 0.25) is 0 Å². The third-order valence-electron chi connectivity index (χ3n) is 3.59. The molecule has 1 saturated heterocycles. The Morgan fingerprint density at radius 2 is 2.00 bits per heavy atom. The third-order valence-corrected chi connectivity index (χ3v) is 4.89. The molecule has 26 heavy (non-hydrogen) atoms. The van der Waals surface area contributed by atoms with Crippen molar-refractivity contribution in [2.75, 3.05) is 0 Å². The Kier molecular flexibility index (Phi) is 4.92. The quantitative estimate of drug-likeness (QED) is 0.614. The first kappa shape index (κ1) is 17.9. The minimum Gasteiger partial charge on any atom is -0.478 e. The fraction of sp³-hybridized carbons (Fsp3) is 0.0588. The Labute approximate surface area is 157 Å². The smallest absolute Gasteiger partial charge is 0.336 e. The summed E-state index contributed by atoms with van der Waals surface area (Å²) >= 11 is 6.13. The Morgan fingerprint density at radius 1 is 1.27 bits per heavy atom. The second-order valence-corrected chi connectivity index (χ2v) is 6.92. The van der Waals surface area contributed by atoms with Crippen molar-refractivity contribution in [1.29, 1.82) is 0 Å². The van der Waals surface area contributed by atoms with Crippen LogP contribution in [-0.4, -0.2) is 32.2 Å². The van der Waals surface area contributed by atoms with Crippen molar-refractivity contribution in [1.82, 2.24) is 10.4 Å². The maximum absolute atomic E-state index is 12.6. The SMILES string of the molecule is Cc1occc1C(=O)NN1C(=O)/C(=C\c2ccccc2C(=O)O)SC1=S. The van der Waals surface area contributed by atoms with E-state index in [1.807, 2.05) is 0 Å². The summed E-state index contributed by atoms with van der Waals surface area (Å²) < 4.78 is 5.21. The van der Waals surface area contributed by atoms with E-state index in [9.17, 15) is 19.5 Å². The molecule has 1 aliphatic rings. The number of carboxylic acid groups (broad SMARTS) is 1. The molecule has 1 fully saturated rings. The Balaban J connectivity index is 1.84. The minimum atomic E-state index is -1.10. The first-order chi connectivity index (χ1) is 12.4. The van der Waals surface area contributed by atoms with E-state index in [0.29, 0.717) is 16.9 Å². The first-order valence-electron chi connectivity index (χ1n) is 7.34. The Hall–Kier alpha value is -2.91. The molecular weight excluding hydrogens is 376 g/mol. The number of hydrazine groups is 1. The summed E-state index contributed by atoms with van der Waals surface area (Å²) in [4.78, 5) is 36.3. The molecular formula is C17H12N2O5S2. The summed E-state index contributed by atoms with van der Waals surface area (Å²) in [5.74, 6) is -1.75. The van der Waals surface area contributed by atoms with Crippen LogP contribution in [0.3, 0.4) is 0 Å². The number of thioether (sulfide) groups is 1. The molecule has 0 bridgehead atoms. The van der Waals surface area contributed by atoms with E-state index < -0.39 is 17.8 Å². The van der Waals surface area contributed by atoms with Crippen LogP contribution < -0.4 is 5.43 Å². The highest BCUT2D eigenvalue weighted by Gasteiger charge is 2.34. The predicted molar refractivity (Wildman–Crippen MR) is 99.3 cm³/mol. The summed E-state index contributed by atoms with van der Waals surface area (Å²) in [6.07, 6.45) is 2.81. The molecule has 1 aromatic carbocycles. The highest BCUT2D eigenvalue weighted by atomic mass is 32.2. The van der Waals surface area contributed by atoms with Gasteiger partial charge in [0.1, 0.15) is 5.76 Å². The zero-order valence-corrected chi connectivity index (χ0v) is 15.0. The lowest BCUT2D eigenvalue weighted by atomic mass is 10.1. The molecule has 132 valence electrons. The summed E-state index contributed by atoms with van der Waals surface area (Å²) in [6.45, 7) is 1.63. The van der Waals surface area contributed by atoms with Crippen LogP contribution in [0.15, 0.2) is 45.9 Å². The number of thiocarbonyl (C=S) groups is 1. The lowest BCUT2D eigenvalue weighted by Crippen LogP contribution is -2.44. The molecule has 2 aromatic rings. The van der Waals surface area contributed by atoms with Crippen molar-refractivity contribution < 1.29 is 23.9 Å². The molecule has 2 heterocycles. The van der Waals surface area contributed by atoms with E-state index in [1.165, 1.54) is 24.5 Å². The van der Waals surface area contributed by atoms with E-state index >= 15 is 0 Å². The molecule has 1 aromatic heterocycles. The average molecular weight is 388 g/mol. The van der Waals surface area contributed by atoms with E-state index in [1.54, 1.807) is 25.1 Å². The monoisotopic (exact) mass is 388 g/mol. The second kappa shape index (κ2) is 7.14. The number of carbonyl (C=O) groups excluding carboxylic acids is 2. The maximum Gasteiger partial charge on any atom is 0.336 e. The van der Waals surface area contributed by atoms with Gasteiger partial charge in [-0.25, -0.2) is 4.79 Å². The normalized spacial score (nSPS) is 15.6. The molecule has 7 nitrogen and oxygen atoms in total. The van der Waals surface area contributed by atoms with E-state index in [2.05, 4.69) is 5.43 Å². The average Bonchev–Trinajstić information content (AvgIpc) is 3.14. The molecule has 1 aliphatic heterocycles. The van der Waals surface area contributed by atoms with Gasteiger partial charge in [0.25, 0.3) is 11.8 Å². The van der Waals surface area contributed by atoms with Crippen molar-refractivity contribution >= 4 is 52.2 Å². The molecule has 3 rings (SSSR count). The van der Waals surface area contributed by atoms with E-state index in [-0.39, 0.29) is 14.8 Å². The van der Waals surface area contributed by atoms with Gasteiger partial charge in [-0.15, -0.1) is 0 Å². The van der Waals surface area contributed by atoms with Crippen LogP contribution in [0.1, 0.15) is 32.0 Å². The number of hydrogen-bond donors (Lipinski definition) is 2. The number of rotatable bonds is 4. The molecule has 0 spiro atoms. The summed E-state index contributed by atoms with van der Waals surface area (Å²) in [6, 6.07) is 7.78. The molecule has 0 unspecified atom stereocenters. The van der Waals surface area contributed by atoms with Gasteiger partial charge in [-0.2, -0.15) is 5.01 Å². The zero-order valence-electron chi connectivity index (χ0n) is 13.4. The summed E-state index contributed by atoms with van der Waals surface area (Å²) in [5.41, 5.74) is 3.17. The molecule has 0 atom stereocenters. The third kappa shape index (κ3) is 3.39. The number of furan rings is 1. The van der Waals surface area contributed by atoms with Crippen LogP contribution in [0.5, 0.6) is 0 Å². The van der Waals surface area contributed by atoms with Crippen molar-refractivity contribution in [2.24, 2.45) is 0 Å². The molecule has 2 amide bonds. The van der Waals surface area contributed by atoms with Crippen LogP contribution in [-0.2, 0) is 4.79 Å². The minimum absolute atomic E-state index is 0.0656. The number of amides is 2. The van der Waals surface area contributed by atoms with Gasteiger partial charge >= 0.3 is 5.97 Å². The highest BCUT2D eigenvalue weighted by Crippen LogP contribution is 2.32. The van der Waals surface area contributed by atoms with Gasteiger partial charge in [0.05, 0.1) is 22.3 Å². The standard InChI is InChI=1S/C17H12N2O5S2/c1-9-11(6-7-24-9)14(20)18-19-15(21)13(26-17(19)25)8-10-4-2-3-5-12(10)16(22)23/h2-8H,1H3,(H,18,20)(H,22,23)/b13-8+. The fourth-order valence-corrected chi connectivity index (χ4v) is 3.48. The number of nitrogens with zero attached hydrogens (tertiary/aromatic N) is 1. The van der Waals surface area contributed by atoms with Crippen molar-refractivity contribution in [3.63, 3.8) is 0 Å². The van der Waals surface area contributed by atoms with Gasteiger partial charge in [0.15, 0.2) is 4.32 Å². The van der Waals surface area contributed by atoms with Crippen LogP contribution in [0.2, 0.25) is 0 Å². The van der Waals surface area contributed by atoms with Gasteiger partial charge < -0.3 is 9.52 Å². The van der Waals surface area contributed by atoms with Crippen molar-refractivity contribution in [3.05, 3.63) is 64.0 Å². The second-order valence-electron chi connectivity index (χ2n) is 5.24. The number of carboxylic acids is 1. The predicted octanol–water partition coefficient (Wildman–Crippen LogP) is 2.83. The zero-order chi connectivity index (χ0) is 18.8. The van der Waals surface area contributed by atoms with Crippen molar-refractivity contribution in [3.8, 4) is 0 Å². The lowest BCUT2D eigenvalue weighted by Gasteiger charge is -2.15. The molecule has 9 heteroatoms. The maximum atomic E-state index is 12.6. The molecule has 0 aliphatic carbocycles. The number of aromatic carboxylic acids is 1. The Morgan fingerprint density at radius 3 is 2.65 bits per heavy atom. The fourth-order valence-electron chi connectivity index (χ4n) is 2.31. The van der Waals surface area contributed by atoms with Gasteiger partial charge in [-0.1, -0.05) is 30.0 Å². The highest BCUT2D eigenvalue weighted by molar-refractivity contribution is 8.26. The van der Waals surface area contributed by atoms with Gasteiger partial charge in [-0.3, -0.25) is 15.0 Å². The lowest BCUT2D eigenvalue weighted by molar-refractivity contribution is -0.123. The van der Waals surface area contributed by atoms with Crippen LogP contribution >= 0.6 is 24.0 Å². The topological polar surface area (TPSA) is 99.9 Å². The molecule has 0 saturated carbocycles. The van der Waals surface area contributed by atoms with Crippen molar-refractivity contribution in [2.45, 2.75) is 6.92 Å².